The van der Waals surface area contributed by atoms with Gasteiger partial charge in [-0.25, -0.2) is 4.68 Å². The van der Waals surface area contributed by atoms with E-state index in [0.717, 1.165) is 24.4 Å². The number of aryl methyl sites for hydroxylation is 1. The predicted octanol–water partition coefficient (Wildman–Crippen LogP) is 1.22. The van der Waals surface area contributed by atoms with Gasteiger partial charge in [0.1, 0.15) is 0 Å². The van der Waals surface area contributed by atoms with Gasteiger partial charge in [-0.05, 0) is 20.8 Å². The maximum absolute atomic E-state index is 12.7. The fraction of sp³-hybridized carbons (Fsp3) is 0.714. The Morgan fingerprint density at radius 2 is 2.00 bits per heavy atom. The van der Waals surface area contributed by atoms with E-state index in [2.05, 4.69) is 5.10 Å². The molecular formula is C14H21N3O3. The molecule has 2 aliphatic heterocycles. The molecule has 1 aromatic rings. The van der Waals surface area contributed by atoms with Crippen molar-refractivity contribution in [2.45, 2.75) is 45.9 Å². The Kier molecular flexibility index (Phi) is 3.41. The summed E-state index contributed by atoms with van der Waals surface area (Å²) in [4.78, 5) is 14.5. The van der Waals surface area contributed by atoms with Crippen molar-refractivity contribution in [3.05, 3.63) is 11.3 Å². The molecule has 0 aromatic carbocycles. The number of carbonyl (C=O) groups excluding carboxylic acids is 1. The minimum Gasteiger partial charge on any atom is -0.478 e. The number of fused-ring (bicyclic) bond motifs is 1. The van der Waals surface area contributed by atoms with E-state index in [1.54, 1.807) is 4.68 Å². The van der Waals surface area contributed by atoms with Crippen LogP contribution in [0.25, 0.3) is 0 Å². The standard InChI is InChI=1S/C14H21N3O3/c1-9-7-16(8-10(2)20-9)13(18)12-11(3)14-17(15-12)5-4-6-19-14/h9-10H,4-8H2,1-3H3. The lowest BCUT2D eigenvalue weighted by Gasteiger charge is -2.35. The quantitative estimate of drug-likeness (QED) is 0.775. The van der Waals surface area contributed by atoms with Crippen LogP contribution in [0.5, 0.6) is 5.88 Å². The molecule has 6 heteroatoms. The smallest absolute Gasteiger partial charge is 0.274 e. The minimum atomic E-state index is -0.0185. The van der Waals surface area contributed by atoms with Gasteiger partial charge in [-0.3, -0.25) is 4.79 Å². The van der Waals surface area contributed by atoms with Crippen molar-refractivity contribution >= 4 is 5.91 Å². The number of hydrogen-bond donors (Lipinski definition) is 0. The summed E-state index contributed by atoms with van der Waals surface area (Å²) in [5.41, 5.74) is 1.37. The molecular weight excluding hydrogens is 258 g/mol. The van der Waals surface area contributed by atoms with E-state index in [0.29, 0.717) is 25.4 Å². The van der Waals surface area contributed by atoms with E-state index >= 15 is 0 Å². The van der Waals surface area contributed by atoms with Gasteiger partial charge in [0.05, 0.1) is 18.8 Å². The number of rotatable bonds is 1. The molecule has 1 aromatic heterocycles. The second-order valence-corrected chi connectivity index (χ2v) is 5.67. The maximum Gasteiger partial charge on any atom is 0.274 e. The molecule has 0 spiro atoms. The van der Waals surface area contributed by atoms with Crippen molar-refractivity contribution in [2.24, 2.45) is 0 Å². The number of hydrogen-bond acceptors (Lipinski definition) is 4. The van der Waals surface area contributed by atoms with Crippen LogP contribution in [0.15, 0.2) is 0 Å². The van der Waals surface area contributed by atoms with Gasteiger partial charge in [-0.15, -0.1) is 0 Å². The Hall–Kier alpha value is -1.56. The Morgan fingerprint density at radius 1 is 1.30 bits per heavy atom. The van der Waals surface area contributed by atoms with Crippen LogP contribution in [0.1, 0.15) is 36.3 Å². The molecule has 1 amide bonds. The largest absolute Gasteiger partial charge is 0.478 e. The second-order valence-electron chi connectivity index (χ2n) is 5.67. The van der Waals surface area contributed by atoms with E-state index < -0.39 is 0 Å². The van der Waals surface area contributed by atoms with Gasteiger partial charge < -0.3 is 14.4 Å². The number of aromatic nitrogens is 2. The minimum absolute atomic E-state index is 0.0185. The van der Waals surface area contributed by atoms with Crippen LogP contribution in [-0.2, 0) is 11.3 Å². The summed E-state index contributed by atoms with van der Waals surface area (Å²) >= 11 is 0. The molecule has 1 fully saturated rings. The molecule has 2 unspecified atom stereocenters. The first-order valence-electron chi connectivity index (χ1n) is 7.21. The zero-order chi connectivity index (χ0) is 14.3. The molecule has 0 N–H and O–H groups in total. The van der Waals surface area contributed by atoms with E-state index in [-0.39, 0.29) is 18.1 Å². The first-order chi connectivity index (χ1) is 9.56. The van der Waals surface area contributed by atoms with Crippen molar-refractivity contribution < 1.29 is 14.3 Å². The number of nitrogens with zero attached hydrogens (tertiary/aromatic N) is 3. The van der Waals surface area contributed by atoms with Crippen molar-refractivity contribution in [1.82, 2.24) is 14.7 Å². The number of ether oxygens (including phenoxy) is 2. The van der Waals surface area contributed by atoms with Crippen LogP contribution in [0.4, 0.5) is 0 Å². The highest BCUT2D eigenvalue weighted by Gasteiger charge is 2.31. The lowest BCUT2D eigenvalue weighted by atomic mass is 10.2. The Labute approximate surface area is 118 Å². The van der Waals surface area contributed by atoms with E-state index in [4.69, 9.17) is 9.47 Å². The van der Waals surface area contributed by atoms with Crippen LogP contribution in [0.3, 0.4) is 0 Å². The lowest BCUT2D eigenvalue weighted by molar-refractivity contribution is -0.0587. The van der Waals surface area contributed by atoms with Gasteiger partial charge in [0, 0.05) is 31.6 Å². The highest BCUT2D eigenvalue weighted by molar-refractivity contribution is 5.94. The normalized spacial score (nSPS) is 26.1. The van der Waals surface area contributed by atoms with Gasteiger partial charge in [-0.2, -0.15) is 5.10 Å². The zero-order valence-electron chi connectivity index (χ0n) is 12.3. The second kappa shape index (κ2) is 5.09. The van der Waals surface area contributed by atoms with Crippen LogP contribution in [0.2, 0.25) is 0 Å². The molecule has 1 saturated heterocycles. The van der Waals surface area contributed by atoms with Gasteiger partial charge >= 0.3 is 0 Å². The molecule has 0 radical (unpaired) electrons. The number of amides is 1. The first kappa shape index (κ1) is 13.4. The average Bonchev–Trinajstić information content (AvgIpc) is 2.75. The fourth-order valence-electron chi connectivity index (χ4n) is 2.95. The van der Waals surface area contributed by atoms with Gasteiger partial charge in [0.15, 0.2) is 5.69 Å². The van der Waals surface area contributed by atoms with Crippen LogP contribution in [-0.4, -0.2) is 52.5 Å². The number of carbonyl (C=O) groups is 1. The maximum atomic E-state index is 12.7. The third kappa shape index (κ3) is 2.28. The summed E-state index contributed by atoms with van der Waals surface area (Å²) in [5.74, 6) is 0.726. The van der Waals surface area contributed by atoms with Crippen molar-refractivity contribution in [3.8, 4) is 5.88 Å². The molecule has 3 rings (SSSR count). The Balaban J connectivity index is 1.85. The van der Waals surface area contributed by atoms with Crippen LogP contribution >= 0.6 is 0 Å². The van der Waals surface area contributed by atoms with Crippen molar-refractivity contribution in [1.29, 1.82) is 0 Å². The van der Waals surface area contributed by atoms with Crippen molar-refractivity contribution in [3.63, 3.8) is 0 Å². The zero-order valence-corrected chi connectivity index (χ0v) is 12.3. The topological polar surface area (TPSA) is 56.6 Å². The molecule has 6 nitrogen and oxygen atoms in total. The third-order valence-corrected chi connectivity index (χ3v) is 3.79. The third-order valence-electron chi connectivity index (χ3n) is 3.79. The molecule has 20 heavy (non-hydrogen) atoms. The molecule has 0 saturated carbocycles. The highest BCUT2D eigenvalue weighted by Crippen LogP contribution is 2.26. The SMILES string of the molecule is Cc1c(C(=O)N2CC(C)OC(C)C2)nn2c1OCCC2. The summed E-state index contributed by atoms with van der Waals surface area (Å²) in [6.07, 6.45) is 1.07. The molecule has 3 heterocycles. The van der Waals surface area contributed by atoms with E-state index in [9.17, 15) is 4.79 Å². The fourth-order valence-corrected chi connectivity index (χ4v) is 2.95. The van der Waals surface area contributed by atoms with Crippen molar-refractivity contribution in [2.75, 3.05) is 19.7 Å². The molecule has 2 aliphatic rings. The summed E-state index contributed by atoms with van der Waals surface area (Å²) < 4.78 is 13.1. The molecule has 110 valence electrons. The highest BCUT2D eigenvalue weighted by atomic mass is 16.5. The van der Waals surface area contributed by atoms with Crippen LogP contribution in [0, 0.1) is 6.92 Å². The van der Waals surface area contributed by atoms with Gasteiger partial charge in [-0.1, -0.05) is 0 Å². The summed E-state index contributed by atoms with van der Waals surface area (Å²) in [6.45, 7) is 8.64. The van der Waals surface area contributed by atoms with E-state index in [1.807, 2.05) is 25.7 Å². The predicted molar refractivity (Wildman–Crippen MR) is 73.0 cm³/mol. The Morgan fingerprint density at radius 3 is 2.65 bits per heavy atom. The van der Waals surface area contributed by atoms with Gasteiger partial charge in [0.25, 0.3) is 5.91 Å². The summed E-state index contributed by atoms with van der Waals surface area (Å²) in [7, 11) is 0. The molecule has 0 aliphatic carbocycles. The summed E-state index contributed by atoms with van der Waals surface area (Å²) in [5, 5.41) is 4.44. The monoisotopic (exact) mass is 279 g/mol. The van der Waals surface area contributed by atoms with Crippen LogP contribution < -0.4 is 4.74 Å². The first-order valence-corrected chi connectivity index (χ1v) is 7.21. The Bertz CT molecular complexity index is 516. The lowest BCUT2D eigenvalue weighted by Crippen LogP contribution is -2.48. The molecule has 0 bridgehead atoms. The van der Waals surface area contributed by atoms with Gasteiger partial charge in [0.2, 0.25) is 5.88 Å². The average molecular weight is 279 g/mol. The molecule has 2 atom stereocenters. The number of morpholine rings is 1. The summed E-state index contributed by atoms with van der Waals surface area (Å²) in [6, 6.07) is 0. The van der Waals surface area contributed by atoms with E-state index in [1.165, 1.54) is 0 Å².